The first-order chi connectivity index (χ1) is 16.8. The summed E-state index contributed by atoms with van der Waals surface area (Å²) in [5, 5.41) is 12.5. The van der Waals surface area contributed by atoms with Gasteiger partial charge < -0.3 is 4.90 Å². The molecule has 0 bridgehead atoms. The van der Waals surface area contributed by atoms with Crippen LogP contribution in [0.5, 0.6) is 0 Å². The first kappa shape index (κ1) is 25.0. The van der Waals surface area contributed by atoms with Crippen LogP contribution in [0.2, 0.25) is 10.0 Å². The average Bonchev–Trinajstić information content (AvgIpc) is 2.86. The van der Waals surface area contributed by atoms with Gasteiger partial charge in [0, 0.05) is 19.6 Å². The molecular formula is C25H23Cl2N5O2S. The Hall–Kier alpha value is -3.09. The maximum absolute atomic E-state index is 13.7. The van der Waals surface area contributed by atoms with Gasteiger partial charge in [0.15, 0.2) is 6.19 Å². The van der Waals surface area contributed by atoms with Crippen molar-refractivity contribution in [2.24, 2.45) is 4.99 Å². The number of hydrogen-bond donors (Lipinski definition) is 1. The zero-order chi connectivity index (χ0) is 25.0. The molecule has 1 atom stereocenters. The second-order valence-corrected chi connectivity index (χ2v) is 10.7. The second kappa shape index (κ2) is 10.7. The third-order valence-electron chi connectivity index (χ3n) is 5.82. The Morgan fingerprint density at radius 3 is 2.43 bits per heavy atom. The summed E-state index contributed by atoms with van der Waals surface area (Å²) >= 11 is 12.1. The van der Waals surface area contributed by atoms with E-state index in [2.05, 4.69) is 10.3 Å². The molecule has 0 radical (unpaired) electrons. The van der Waals surface area contributed by atoms with Gasteiger partial charge in [0.2, 0.25) is 16.0 Å². The van der Waals surface area contributed by atoms with Crippen LogP contribution in [0, 0.1) is 18.4 Å². The lowest BCUT2D eigenvalue weighted by atomic mass is 10.0. The number of rotatable bonds is 4. The molecule has 7 nitrogen and oxygen atoms in total. The number of aliphatic imine (C=N–C) groups is 1. The van der Waals surface area contributed by atoms with E-state index in [1.165, 1.54) is 22.5 Å². The number of nitrogens with one attached hydrogen (secondary N) is 1. The van der Waals surface area contributed by atoms with Gasteiger partial charge in [-0.15, -0.1) is 0 Å². The Morgan fingerprint density at radius 2 is 1.74 bits per heavy atom. The fraction of sp³-hybridized carbons (Fsp3) is 0.200. The van der Waals surface area contributed by atoms with Crippen LogP contribution < -0.4 is 5.32 Å². The van der Waals surface area contributed by atoms with Crippen LogP contribution >= 0.6 is 23.2 Å². The topological polar surface area (TPSA) is 88.8 Å². The van der Waals surface area contributed by atoms with Gasteiger partial charge in [0.25, 0.3) is 0 Å². The summed E-state index contributed by atoms with van der Waals surface area (Å²) in [5.41, 5.74) is 2.52. The Bertz CT molecular complexity index is 1390. The van der Waals surface area contributed by atoms with Crippen molar-refractivity contribution in [1.82, 2.24) is 14.5 Å². The minimum Gasteiger partial charge on any atom is -0.339 e. The van der Waals surface area contributed by atoms with Crippen molar-refractivity contribution in [3.8, 4) is 6.19 Å². The molecule has 1 heterocycles. The van der Waals surface area contributed by atoms with Crippen molar-refractivity contribution in [1.29, 1.82) is 5.26 Å². The lowest BCUT2D eigenvalue weighted by Crippen LogP contribution is -2.54. The number of benzene rings is 3. The van der Waals surface area contributed by atoms with E-state index >= 15 is 0 Å². The van der Waals surface area contributed by atoms with E-state index < -0.39 is 16.1 Å². The molecule has 10 heteroatoms. The fourth-order valence-electron chi connectivity index (χ4n) is 4.00. The number of nitriles is 1. The third kappa shape index (κ3) is 5.44. The van der Waals surface area contributed by atoms with Gasteiger partial charge in [-0.1, -0.05) is 71.7 Å². The van der Waals surface area contributed by atoms with Crippen LogP contribution in [0.15, 0.2) is 82.7 Å². The van der Waals surface area contributed by atoms with Crippen molar-refractivity contribution in [3.63, 3.8) is 0 Å². The predicted octanol–water partition coefficient (Wildman–Crippen LogP) is 5.11. The number of aryl methyl sites for hydroxylation is 1. The largest absolute Gasteiger partial charge is 0.339 e. The Morgan fingerprint density at radius 1 is 1.03 bits per heavy atom. The molecule has 1 unspecified atom stereocenters. The molecule has 1 N–H and O–H groups in total. The lowest BCUT2D eigenvalue weighted by molar-refractivity contribution is 0.192. The van der Waals surface area contributed by atoms with Gasteiger partial charge in [0.1, 0.15) is 0 Å². The lowest BCUT2D eigenvalue weighted by Gasteiger charge is -2.41. The quantitative estimate of drug-likeness (QED) is 0.220. The standard InChI is InChI=1S/C25H23Cl2N5O2S/c1-18-7-5-6-10-23(18)30-25(29-17-28)31-13-14-32(24(16-31)19-8-3-2-4-9-19)35(33,34)20-11-12-21(26)22(27)15-20/h2-12,15,24H,13-14,16H2,1H3,(H,29,30). The van der Waals surface area contributed by atoms with Gasteiger partial charge >= 0.3 is 0 Å². The highest BCUT2D eigenvalue weighted by Crippen LogP contribution is 2.33. The number of piperazine rings is 1. The summed E-state index contributed by atoms with van der Waals surface area (Å²) in [7, 11) is -3.89. The number of hydrogen-bond acceptors (Lipinski definition) is 4. The third-order valence-corrected chi connectivity index (χ3v) is 8.47. The van der Waals surface area contributed by atoms with Crippen molar-refractivity contribution in [2.75, 3.05) is 19.6 Å². The number of sulfonamides is 1. The second-order valence-electron chi connectivity index (χ2n) is 8.02. The molecular weight excluding hydrogens is 505 g/mol. The SMILES string of the molecule is Cc1ccccc1N=C(NC#N)N1CCN(S(=O)(=O)c2ccc(Cl)c(Cl)c2)C(c2ccccc2)C1. The predicted molar refractivity (Wildman–Crippen MR) is 138 cm³/mol. The van der Waals surface area contributed by atoms with Gasteiger partial charge in [-0.25, -0.2) is 13.4 Å². The normalized spacial score (nSPS) is 17.1. The number of nitrogens with zero attached hydrogens (tertiary/aromatic N) is 4. The molecule has 1 fully saturated rings. The molecule has 0 amide bonds. The van der Waals surface area contributed by atoms with E-state index in [0.29, 0.717) is 19.0 Å². The first-order valence-electron chi connectivity index (χ1n) is 10.9. The molecule has 1 aliphatic rings. The average molecular weight is 528 g/mol. The highest BCUT2D eigenvalue weighted by Gasteiger charge is 2.38. The van der Waals surface area contributed by atoms with Crippen LogP contribution in [-0.2, 0) is 10.0 Å². The highest BCUT2D eigenvalue weighted by atomic mass is 35.5. The Kier molecular flexibility index (Phi) is 7.63. The monoisotopic (exact) mass is 527 g/mol. The Labute approximate surface area is 215 Å². The van der Waals surface area contributed by atoms with E-state index in [1.54, 1.807) is 0 Å². The van der Waals surface area contributed by atoms with Crippen LogP contribution in [-0.4, -0.2) is 43.2 Å². The number of guanidine groups is 1. The van der Waals surface area contributed by atoms with Crippen LogP contribution in [0.1, 0.15) is 17.2 Å². The molecule has 0 aliphatic carbocycles. The van der Waals surface area contributed by atoms with Gasteiger partial charge in [-0.05, 0) is 42.3 Å². The van der Waals surface area contributed by atoms with Gasteiger partial charge in [-0.3, -0.25) is 5.32 Å². The summed E-state index contributed by atoms with van der Waals surface area (Å²) in [5.74, 6) is 0.370. The summed E-state index contributed by atoms with van der Waals surface area (Å²) in [6, 6.07) is 20.8. The smallest absolute Gasteiger partial charge is 0.243 e. The fourth-order valence-corrected chi connectivity index (χ4v) is 5.98. The first-order valence-corrected chi connectivity index (χ1v) is 13.1. The van der Waals surface area contributed by atoms with Gasteiger partial charge in [-0.2, -0.15) is 9.57 Å². The molecule has 1 saturated heterocycles. The number of para-hydroxylation sites is 1. The van der Waals surface area contributed by atoms with Gasteiger partial charge in [0.05, 0.1) is 26.7 Å². The molecule has 35 heavy (non-hydrogen) atoms. The van der Waals surface area contributed by atoms with Crippen LogP contribution in [0.3, 0.4) is 0 Å². The van der Waals surface area contributed by atoms with Crippen molar-refractivity contribution < 1.29 is 8.42 Å². The molecule has 0 aromatic heterocycles. The molecule has 0 spiro atoms. The van der Waals surface area contributed by atoms with E-state index in [1.807, 2.05) is 72.6 Å². The molecule has 4 rings (SSSR count). The molecule has 0 saturated carbocycles. The Balaban J connectivity index is 1.72. The van der Waals surface area contributed by atoms with Crippen LogP contribution in [0.25, 0.3) is 0 Å². The zero-order valence-electron chi connectivity index (χ0n) is 18.9. The van der Waals surface area contributed by atoms with Crippen molar-refractivity contribution in [2.45, 2.75) is 17.9 Å². The zero-order valence-corrected chi connectivity index (χ0v) is 21.2. The van der Waals surface area contributed by atoms with Crippen molar-refractivity contribution in [3.05, 3.63) is 94.0 Å². The summed E-state index contributed by atoms with van der Waals surface area (Å²) in [6.45, 7) is 2.76. The van der Waals surface area contributed by atoms with E-state index in [-0.39, 0.29) is 21.5 Å². The summed E-state index contributed by atoms with van der Waals surface area (Å²) in [6.07, 6.45) is 1.96. The number of halogens is 2. The van der Waals surface area contributed by atoms with Crippen LogP contribution in [0.4, 0.5) is 5.69 Å². The summed E-state index contributed by atoms with van der Waals surface area (Å²) < 4.78 is 28.8. The van der Waals surface area contributed by atoms with E-state index in [9.17, 15) is 13.7 Å². The summed E-state index contributed by atoms with van der Waals surface area (Å²) in [4.78, 5) is 6.65. The highest BCUT2D eigenvalue weighted by molar-refractivity contribution is 7.89. The maximum atomic E-state index is 13.7. The molecule has 3 aromatic carbocycles. The minimum atomic E-state index is -3.89. The van der Waals surface area contributed by atoms with E-state index in [4.69, 9.17) is 23.2 Å². The minimum absolute atomic E-state index is 0.0743. The van der Waals surface area contributed by atoms with E-state index in [0.717, 1.165) is 16.8 Å². The molecule has 1 aliphatic heterocycles. The molecule has 3 aromatic rings. The van der Waals surface area contributed by atoms with Crippen molar-refractivity contribution >= 4 is 44.9 Å². The molecule has 180 valence electrons. The maximum Gasteiger partial charge on any atom is 0.243 e.